The lowest BCUT2D eigenvalue weighted by atomic mass is 9.94. The highest BCUT2D eigenvalue weighted by Gasteiger charge is 2.34. The number of fused-ring (bicyclic) bond motifs is 1. The van der Waals surface area contributed by atoms with Gasteiger partial charge in [0.25, 0.3) is 11.8 Å². The Bertz CT molecular complexity index is 1590. The number of imide groups is 1. The zero-order valence-corrected chi connectivity index (χ0v) is 18.9. The quantitative estimate of drug-likeness (QED) is 0.310. The number of oxazole rings is 1. The minimum absolute atomic E-state index is 0.0593. The summed E-state index contributed by atoms with van der Waals surface area (Å²) < 4.78 is 21.2. The number of likely N-dealkylation sites (N-methyl/N-ethyl adjacent to an activating group) is 1. The fourth-order valence-corrected chi connectivity index (χ4v) is 4.13. The van der Waals surface area contributed by atoms with E-state index in [1.807, 2.05) is 41.0 Å². The number of benzene rings is 2. The lowest BCUT2D eigenvalue weighted by molar-refractivity contribution is -0.140. The van der Waals surface area contributed by atoms with Crippen molar-refractivity contribution in [1.29, 1.82) is 5.26 Å². The number of aromatic nitrogens is 2. The zero-order chi connectivity index (χ0) is 24.7. The normalized spacial score (nSPS) is 15.4. The van der Waals surface area contributed by atoms with E-state index in [9.17, 15) is 19.2 Å². The first-order valence-electron chi connectivity index (χ1n) is 11.0. The van der Waals surface area contributed by atoms with E-state index in [0.29, 0.717) is 34.0 Å². The summed E-state index contributed by atoms with van der Waals surface area (Å²) in [6, 6.07) is 18.9. The number of carbonyl (C=O) groups is 2. The highest BCUT2D eigenvalue weighted by molar-refractivity contribution is 6.19. The maximum atomic E-state index is 13.4. The fourth-order valence-electron chi connectivity index (χ4n) is 4.13. The van der Waals surface area contributed by atoms with Crippen LogP contribution in [0.15, 0.2) is 81.8 Å². The van der Waals surface area contributed by atoms with Gasteiger partial charge in [-0.25, -0.2) is 4.39 Å². The van der Waals surface area contributed by atoms with Gasteiger partial charge >= 0.3 is 0 Å². The zero-order valence-electron chi connectivity index (χ0n) is 18.9. The number of nitrogens with zero attached hydrogens (tertiary/aromatic N) is 4. The molecule has 172 valence electrons. The summed E-state index contributed by atoms with van der Waals surface area (Å²) in [7, 11) is 0. The van der Waals surface area contributed by atoms with Crippen molar-refractivity contribution in [3.8, 4) is 23.2 Å². The van der Waals surface area contributed by atoms with Gasteiger partial charge in [-0.3, -0.25) is 19.1 Å². The number of hydrogen-bond donors (Lipinski definition) is 0. The number of halogens is 1. The number of carbonyl (C=O) groups excluding carboxylic acids is 2. The summed E-state index contributed by atoms with van der Waals surface area (Å²) in [6.07, 6.45) is 1.64. The molecule has 8 heteroatoms. The molecule has 0 saturated carbocycles. The largest absolute Gasteiger partial charge is 0.434 e. The average molecular weight is 466 g/mol. The van der Waals surface area contributed by atoms with Gasteiger partial charge in [0.15, 0.2) is 11.2 Å². The van der Waals surface area contributed by atoms with E-state index in [4.69, 9.17) is 4.42 Å². The van der Waals surface area contributed by atoms with Crippen molar-refractivity contribution in [2.45, 2.75) is 13.8 Å². The van der Waals surface area contributed by atoms with Crippen LogP contribution in [0.2, 0.25) is 0 Å². The summed E-state index contributed by atoms with van der Waals surface area (Å²) >= 11 is 0. The molecule has 3 heterocycles. The number of rotatable bonds is 4. The van der Waals surface area contributed by atoms with Gasteiger partial charge in [0.2, 0.25) is 5.89 Å². The number of amides is 2. The topological polar surface area (TPSA) is 92.1 Å². The van der Waals surface area contributed by atoms with E-state index < -0.39 is 11.8 Å². The average Bonchev–Trinajstić information content (AvgIpc) is 3.41. The number of hydrogen-bond acceptors (Lipinski definition) is 5. The number of nitriles is 1. The van der Waals surface area contributed by atoms with Gasteiger partial charge in [0.05, 0.1) is 5.69 Å². The molecule has 0 fully saturated rings. The van der Waals surface area contributed by atoms with Crippen molar-refractivity contribution in [3.05, 3.63) is 88.9 Å². The Balaban J connectivity index is 1.73. The van der Waals surface area contributed by atoms with E-state index in [0.717, 1.165) is 10.6 Å². The van der Waals surface area contributed by atoms with E-state index in [1.165, 1.54) is 12.1 Å². The van der Waals surface area contributed by atoms with Gasteiger partial charge in [-0.15, -0.1) is 0 Å². The highest BCUT2D eigenvalue weighted by atomic mass is 19.1. The molecule has 0 saturated heterocycles. The lowest BCUT2D eigenvalue weighted by Crippen LogP contribution is -2.42. The van der Waals surface area contributed by atoms with Gasteiger partial charge in [-0.1, -0.05) is 18.2 Å². The Morgan fingerprint density at radius 3 is 2.46 bits per heavy atom. The number of para-hydroxylation sites is 1. The molecular formula is C27H19FN4O3. The fraction of sp³-hybridized carbons (Fsp3) is 0.111. The lowest BCUT2D eigenvalue weighted by Gasteiger charge is -2.26. The summed E-state index contributed by atoms with van der Waals surface area (Å²) in [5, 5.41) is 9.54. The first-order chi connectivity index (χ1) is 16.9. The van der Waals surface area contributed by atoms with Gasteiger partial charge in [-0.2, -0.15) is 10.2 Å². The molecule has 2 aromatic carbocycles. The predicted molar refractivity (Wildman–Crippen MR) is 127 cm³/mol. The molecule has 0 radical (unpaired) electrons. The summed E-state index contributed by atoms with van der Waals surface area (Å²) in [5.74, 6) is -1.08. The molecule has 0 aliphatic carbocycles. The van der Waals surface area contributed by atoms with Crippen LogP contribution in [0.25, 0.3) is 34.4 Å². The van der Waals surface area contributed by atoms with E-state index in [2.05, 4.69) is 4.98 Å². The minimum Gasteiger partial charge on any atom is -0.434 e. The molecule has 4 aromatic rings. The second-order valence-corrected chi connectivity index (χ2v) is 7.98. The molecule has 5 rings (SSSR count). The van der Waals surface area contributed by atoms with E-state index in [1.54, 1.807) is 38.1 Å². The molecule has 2 aromatic heterocycles. The molecule has 1 aliphatic rings. The Kier molecular flexibility index (Phi) is 5.38. The van der Waals surface area contributed by atoms with Crippen molar-refractivity contribution in [1.82, 2.24) is 14.5 Å². The van der Waals surface area contributed by atoms with Crippen LogP contribution in [0.5, 0.6) is 0 Å². The van der Waals surface area contributed by atoms with E-state index in [-0.39, 0.29) is 23.5 Å². The molecule has 0 bridgehead atoms. The van der Waals surface area contributed by atoms with Crippen molar-refractivity contribution >= 4 is 29.1 Å². The monoisotopic (exact) mass is 466 g/mol. The maximum absolute atomic E-state index is 13.4. The smallest absolute Gasteiger partial charge is 0.271 e. The van der Waals surface area contributed by atoms with Gasteiger partial charge in [0, 0.05) is 29.4 Å². The third kappa shape index (κ3) is 3.63. The summed E-state index contributed by atoms with van der Waals surface area (Å²) in [5.41, 5.74) is 3.49. The standard InChI is InChI=1S/C27H19FN4O3/c1-3-31-26(33)21(16(2)22(15-29)27(31)34)13-20-14-23-24(32(20)19-7-5-4-6-8-19)30-25(35-23)17-9-11-18(28)12-10-17/h4-14H,3H2,1-2H3/b21-13-. The van der Waals surface area contributed by atoms with Crippen LogP contribution in [0.4, 0.5) is 4.39 Å². The van der Waals surface area contributed by atoms with Crippen LogP contribution < -0.4 is 0 Å². The van der Waals surface area contributed by atoms with Gasteiger partial charge < -0.3 is 4.42 Å². The SMILES string of the molecule is CCN1C(=O)C(C#N)=C(C)/C(=C/c2cc3oc(-c4ccc(F)cc4)nc3n2-c2ccccc2)C1=O. The molecule has 0 N–H and O–H groups in total. The predicted octanol–water partition coefficient (Wildman–Crippen LogP) is 5.04. The first-order valence-corrected chi connectivity index (χ1v) is 11.0. The molecule has 7 nitrogen and oxygen atoms in total. The highest BCUT2D eigenvalue weighted by Crippen LogP contribution is 2.33. The second-order valence-electron chi connectivity index (χ2n) is 7.98. The van der Waals surface area contributed by atoms with E-state index >= 15 is 0 Å². The van der Waals surface area contributed by atoms with Crippen LogP contribution in [0, 0.1) is 17.1 Å². The Labute approximate surface area is 200 Å². The third-order valence-electron chi connectivity index (χ3n) is 5.92. The molecule has 2 amide bonds. The first kappa shape index (κ1) is 22.0. The van der Waals surface area contributed by atoms with Crippen LogP contribution in [-0.4, -0.2) is 32.8 Å². The minimum atomic E-state index is -0.590. The van der Waals surface area contributed by atoms with Crippen molar-refractivity contribution in [3.63, 3.8) is 0 Å². The molecule has 0 spiro atoms. The van der Waals surface area contributed by atoms with Crippen LogP contribution >= 0.6 is 0 Å². The molecule has 1 aliphatic heterocycles. The molecular weight excluding hydrogens is 447 g/mol. The summed E-state index contributed by atoms with van der Waals surface area (Å²) in [6.45, 7) is 3.43. The van der Waals surface area contributed by atoms with Gasteiger partial charge in [0.1, 0.15) is 17.5 Å². The van der Waals surface area contributed by atoms with Crippen LogP contribution in [0.3, 0.4) is 0 Å². The maximum Gasteiger partial charge on any atom is 0.271 e. The third-order valence-corrected chi connectivity index (χ3v) is 5.92. The molecule has 35 heavy (non-hydrogen) atoms. The van der Waals surface area contributed by atoms with Gasteiger partial charge in [-0.05, 0) is 61.9 Å². The molecule has 0 atom stereocenters. The Morgan fingerprint density at radius 1 is 1.09 bits per heavy atom. The Morgan fingerprint density at radius 2 is 1.80 bits per heavy atom. The summed E-state index contributed by atoms with van der Waals surface area (Å²) in [4.78, 5) is 31.4. The van der Waals surface area contributed by atoms with Crippen molar-refractivity contribution in [2.24, 2.45) is 0 Å². The second kappa shape index (κ2) is 8.54. The van der Waals surface area contributed by atoms with Crippen molar-refractivity contribution in [2.75, 3.05) is 6.54 Å². The van der Waals surface area contributed by atoms with Crippen molar-refractivity contribution < 1.29 is 18.4 Å². The van der Waals surface area contributed by atoms with Crippen LogP contribution in [-0.2, 0) is 9.59 Å². The van der Waals surface area contributed by atoms with Crippen LogP contribution in [0.1, 0.15) is 19.5 Å². The Hall–Kier alpha value is -4.77. The molecule has 0 unspecified atom stereocenters.